The average Bonchev–Trinajstić information content (AvgIpc) is 3.26. The van der Waals surface area contributed by atoms with Crippen LogP contribution in [0.5, 0.6) is 0 Å². The molecule has 0 spiro atoms. The molecule has 8 nitrogen and oxygen atoms in total. The Morgan fingerprint density at radius 3 is 2.69 bits per heavy atom. The lowest BCUT2D eigenvalue weighted by Gasteiger charge is -2.12. The third-order valence-corrected chi connectivity index (χ3v) is 7.73. The van der Waals surface area contributed by atoms with Crippen molar-refractivity contribution in [3.8, 4) is 0 Å². The number of nitrogens with zero attached hydrogens (tertiary/aromatic N) is 2. The van der Waals surface area contributed by atoms with Crippen LogP contribution in [0, 0.1) is 0 Å². The van der Waals surface area contributed by atoms with Crippen LogP contribution in [0.1, 0.15) is 25.5 Å². The van der Waals surface area contributed by atoms with Gasteiger partial charge in [-0.3, -0.25) is 9.59 Å². The number of rotatable bonds is 7. The van der Waals surface area contributed by atoms with Gasteiger partial charge in [0.15, 0.2) is 5.13 Å². The molecule has 1 amide bonds. The molecule has 2 heterocycles. The summed E-state index contributed by atoms with van der Waals surface area (Å²) in [5.74, 6) is -1.20. The lowest BCUT2D eigenvalue weighted by molar-refractivity contribution is -0.137. The topological polar surface area (TPSA) is 118 Å². The van der Waals surface area contributed by atoms with Gasteiger partial charge in [-0.05, 0) is 55.3 Å². The highest BCUT2D eigenvalue weighted by molar-refractivity contribution is 7.90. The first kappa shape index (κ1) is 22.3. The van der Waals surface area contributed by atoms with Gasteiger partial charge < -0.3 is 10.4 Å². The average molecular weight is 492 g/mol. The number of amides is 1. The Bertz CT molecular complexity index is 1470. The zero-order valence-corrected chi connectivity index (χ0v) is 19.2. The molecule has 32 heavy (non-hydrogen) atoms. The number of aliphatic carboxylic acids is 1. The lowest BCUT2D eigenvalue weighted by atomic mass is 10.2. The van der Waals surface area contributed by atoms with E-state index in [9.17, 15) is 18.0 Å². The van der Waals surface area contributed by atoms with Crippen LogP contribution in [0.2, 0.25) is 5.02 Å². The van der Waals surface area contributed by atoms with E-state index in [4.69, 9.17) is 16.7 Å². The van der Waals surface area contributed by atoms with E-state index in [0.717, 1.165) is 0 Å². The number of hydrogen-bond donors (Lipinski definition) is 2. The maximum atomic E-state index is 13.7. The number of aryl methyl sites for hydroxylation is 1. The number of anilines is 1. The number of carboxylic acid groups (broad SMARTS) is 1. The van der Waals surface area contributed by atoms with Crippen LogP contribution >= 0.6 is 22.9 Å². The highest BCUT2D eigenvalue weighted by Gasteiger charge is 2.24. The quantitative estimate of drug-likeness (QED) is 0.392. The van der Waals surface area contributed by atoms with Crippen LogP contribution < -0.4 is 5.32 Å². The normalized spacial score (nSPS) is 11.8. The van der Waals surface area contributed by atoms with Gasteiger partial charge in [0.25, 0.3) is 10.0 Å². The van der Waals surface area contributed by atoms with E-state index in [2.05, 4.69) is 10.3 Å². The van der Waals surface area contributed by atoms with Gasteiger partial charge in [0.05, 0.1) is 20.6 Å². The summed E-state index contributed by atoms with van der Waals surface area (Å²) in [5, 5.41) is 13.1. The molecule has 0 atom stereocenters. The maximum absolute atomic E-state index is 13.7. The number of halogens is 1. The number of carbonyl (C=O) groups excluding carboxylic acids is 1. The van der Waals surface area contributed by atoms with Crippen LogP contribution in [0.4, 0.5) is 5.13 Å². The van der Waals surface area contributed by atoms with Crippen molar-refractivity contribution in [2.24, 2.45) is 0 Å². The van der Waals surface area contributed by atoms with Gasteiger partial charge in [0, 0.05) is 29.4 Å². The monoisotopic (exact) mass is 491 g/mol. The smallest absolute Gasteiger partial charge is 0.303 e. The van der Waals surface area contributed by atoms with Crippen molar-refractivity contribution in [3.63, 3.8) is 0 Å². The summed E-state index contributed by atoms with van der Waals surface area (Å²) in [6.07, 6.45) is 0.497. The van der Waals surface area contributed by atoms with Gasteiger partial charge in [-0.15, -0.1) is 0 Å². The van der Waals surface area contributed by atoms with Crippen molar-refractivity contribution in [3.05, 3.63) is 53.2 Å². The van der Waals surface area contributed by atoms with Gasteiger partial charge in [-0.2, -0.15) is 0 Å². The Kier molecular flexibility index (Phi) is 5.93. The van der Waals surface area contributed by atoms with Crippen molar-refractivity contribution in [1.82, 2.24) is 8.96 Å². The molecule has 0 radical (unpaired) electrons. The minimum absolute atomic E-state index is 0.0648. The first-order chi connectivity index (χ1) is 15.1. The van der Waals surface area contributed by atoms with Gasteiger partial charge >= 0.3 is 5.97 Å². The van der Waals surface area contributed by atoms with Crippen molar-refractivity contribution < 1.29 is 23.1 Å². The zero-order chi connectivity index (χ0) is 23.0. The molecule has 0 aliphatic heterocycles. The van der Waals surface area contributed by atoms with E-state index < -0.39 is 16.0 Å². The number of carbonyl (C=O) groups is 2. The summed E-state index contributed by atoms with van der Waals surface area (Å²) in [6.45, 7) is 1.37. The molecule has 0 unspecified atom stereocenters. The molecular formula is C21H18ClN3O5S2. The minimum atomic E-state index is -4.00. The van der Waals surface area contributed by atoms with E-state index in [1.807, 2.05) is 0 Å². The molecule has 0 fully saturated rings. The van der Waals surface area contributed by atoms with Crippen LogP contribution in [-0.4, -0.2) is 34.4 Å². The van der Waals surface area contributed by atoms with Crippen LogP contribution in [0.3, 0.4) is 0 Å². The Labute approximate surface area is 192 Å². The Morgan fingerprint density at radius 2 is 1.97 bits per heavy atom. The first-order valence-electron chi connectivity index (χ1n) is 9.60. The number of fused-ring (bicyclic) bond motifs is 2. The van der Waals surface area contributed by atoms with Gasteiger partial charge in [-0.1, -0.05) is 22.9 Å². The van der Waals surface area contributed by atoms with Crippen molar-refractivity contribution in [1.29, 1.82) is 0 Å². The van der Waals surface area contributed by atoms with E-state index in [0.29, 0.717) is 43.4 Å². The Morgan fingerprint density at radius 1 is 1.19 bits per heavy atom. The Balaban J connectivity index is 1.82. The highest BCUT2D eigenvalue weighted by atomic mass is 35.5. The number of aromatic nitrogens is 2. The Hall–Kier alpha value is -2.95. The van der Waals surface area contributed by atoms with Crippen LogP contribution in [-0.2, 0) is 26.0 Å². The molecule has 0 saturated carbocycles. The molecule has 0 bridgehead atoms. The van der Waals surface area contributed by atoms with Gasteiger partial charge in [0.2, 0.25) is 5.91 Å². The number of benzene rings is 2. The molecule has 4 rings (SSSR count). The minimum Gasteiger partial charge on any atom is -0.481 e. The fourth-order valence-electron chi connectivity index (χ4n) is 3.47. The zero-order valence-electron chi connectivity index (χ0n) is 16.8. The molecule has 0 aliphatic carbocycles. The third-order valence-electron chi connectivity index (χ3n) is 4.80. The fourth-order valence-corrected chi connectivity index (χ4v) is 6.27. The lowest BCUT2D eigenvalue weighted by Crippen LogP contribution is -2.16. The second kappa shape index (κ2) is 8.53. The molecule has 0 saturated heterocycles. The largest absolute Gasteiger partial charge is 0.481 e. The molecule has 2 aromatic carbocycles. The summed E-state index contributed by atoms with van der Waals surface area (Å²) in [4.78, 5) is 26.6. The standard InChI is InChI=1S/C21H18ClN3O5S2/c1-12(26)23-21-24-17-7-6-16(11-19(17)31-21)32(29,30)25-15(3-2-4-20(27)28)10-13-9-14(22)5-8-18(13)25/h5-11H,2-4H2,1H3,(H,27,28)(H,23,24,26). The van der Waals surface area contributed by atoms with E-state index >= 15 is 0 Å². The van der Waals surface area contributed by atoms with Crippen molar-refractivity contribution in [2.45, 2.75) is 31.1 Å². The van der Waals surface area contributed by atoms with Gasteiger partial charge in [0.1, 0.15) is 0 Å². The van der Waals surface area contributed by atoms with E-state index in [1.165, 1.54) is 34.4 Å². The van der Waals surface area contributed by atoms with E-state index in [1.54, 1.807) is 30.3 Å². The second-order valence-corrected chi connectivity index (χ2v) is 10.4. The molecular weight excluding hydrogens is 474 g/mol. The molecule has 4 aromatic rings. The summed E-state index contributed by atoms with van der Waals surface area (Å²) in [7, 11) is -4.00. The van der Waals surface area contributed by atoms with Crippen molar-refractivity contribution >= 4 is 71.1 Å². The molecule has 2 N–H and O–H groups in total. The molecule has 0 aliphatic rings. The predicted octanol–water partition coefficient (Wildman–Crippen LogP) is 4.51. The first-order valence-corrected chi connectivity index (χ1v) is 12.2. The summed E-state index contributed by atoms with van der Waals surface area (Å²) >= 11 is 7.27. The summed E-state index contributed by atoms with van der Waals surface area (Å²) in [5.41, 5.74) is 1.51. The number of nitrogens with one attached hydrogen (secondary N) is 1. The second-order valence-electron chi connectivity index (χ2n) is 7.19. The molecule has 11 heteroatoms. The van der Waals surface area contributed by atoms with Crippen LogP contribution in [0.15, 0.2) is 47.4 Å². The number of hydrogen-bond acceptors (Lipinski definition) is 6. The summed E-state index contributed by atoms with van der Waals surface area (Å²) < 4.78 is 29.2. The van der Waals surface area contributed by atoms with E-state index in [-0.39, 0.29) is 23.6 Å². The highest BCUT2D eigenvalue weighted by Crippen LogP contribution is 2.32. The predicted molar refractivity (Wildman–Crippen MR) is 124 cm³/mol. The maximum Gasteiger partial charge on any atom is 0.303 e. The van der Waals surface area contributed by atoms with Crippen molar-refractivity contribution in [2.75, 3.05) is 5.32 Å². The fraction of sp³-hybridized carbons (Fsp3) is 0.190. The molecule has 2 aromatic heterocycles. The molecule has 166 valence electrons. The summed E-state index contributed by atoms with van der Waals surface area (Å²) in [6, 6.07) is 11.2. The number of carboxylic acids is 1. The SMILES string of the molecule is CC(=O)Nc1nc2ccc(S(=O)(=O)n3c(CCCC(=O)O)cc4cc(Cl)ccc43)cc2s1. The van der Waals surface area contributed by atoms with Crippen LogP contribution in [0.25, 0.3) is 21.1 Å². The number of thiazole rings is 1. The third kappa shape index (κ3) is 4.34. The van der Waals surface area contributed by atoms with Gasteiger partial charge in [-0.25, -0.2) is 17.4 Å².